The highest BCUT2D eigenvalue weighted by molar-refractivity contribution is 7.11. The second kappa shape index (κ2) is 10.9. The normalized spacial score (nSPS) is 18.0. The van der Waals surface area contributed by atoms with Gasteiger partial charge in [0.1, 0.15) is 11.9 Å². The number of aliphatic imine (C=N–C) groups is 1. The first-order valence-electron chi connectivity index (χ1n) is 12.4. The number of carbonyl (C=O) groups excluding carboxylic acids is 1. The molecular weight excluding hydrogens is 523 g/mol. The van der Waals surface area contributed by atoms with E-state index in [0.717, 1.165) is 0 Å². The number of halogens is 1. The number of hydrogen-bond acceptors (Lipinski definition) is 10. The molecule has 0 spiro atoms. The number of methoxy groups -OCH3 is 1. The lowest BCUT2D eigenvalue weighted by molar-refractivity contribution is -0.136. The van der Waals surface area contributed by atoms with Crippen molar-refractivity contribution in [3.05, 3.63) is 80.5 Å². The standard InChI is InChI=1S/C27H27FN6O4S/c1-14-13-30-27(33-20(14)25(35)36)34-10-7-16(8-11-34)21-19(26(37)38-3)22(17-5-4-6-18(28)15(17)2)32-23(31-21)24-29-9-12-39-24/h4-6,9,12-13,16,22H,7-8,10-11H2,1-3H3,(H,31,32)(H,35,36). The Bertz CT molecular complexity index is 1480. The number of hydrogen-bond donors (Lipinski definition) is 2. The molecule has 4 heterocycles. The van der Waals surface area contributed by atoms with Crippen LogP contribution in [-0.2, 0) is 9.53 Å². The Hall–Kier alpha value is -4.19. The average molecular weight is 551 g/mol. The van der Waals surface area contributed by atoms with Crippen LogP contribution in [0.2, 0.25) is 0 Å². The van der Waals surface area contributed by atoms with Gasteiger partial charge in [-0.05, 0) is 43.9 Å². The van der Waals surface area contributed by atoms with E-state index in [-0.39, 0.29) is 17.4 Å². The molecule has 2 N–H and O–H groups in total. The van der Waals surface area contributed by atoms with Gasteiger partial charge >= 0.3 is 11.9 Å². The van der Waals surface area contributed by atoms with Crippen molar-refractivity contribution in [3.63, 3.8) is 0 Å². The van der Waals surface area contributed by atoms with Crippen molar-refractivity contribution in [3.8, 4) is 0 Å². The summed E-state index contributed by atoms with van der Waals surface area (Å²) in [4.78, 5) is 44.6. The molecule has 39 heavy (non-hydrogen) atoms. The fraction of sp³-hybridized carbons (Fsp3) is 0.333. The summed E-state index contributed by atoms with van der Waals surface area (Å²) in [5.41, 5.74) is 2.47. The third kappa shape index (κ3) is 5.11. The number of aryl methyl sites for hydroxylation is 1. The van der Waals surface area contributed by atoms with E-state index >= 15 is 0 Å². The topological polar surface area (TPSA) is 130 Å². The number of esters is 1. The lowest BCUT2D eigenvalue weighted by atomic mass is 9.85. The summed E-state index contributed by atoms with van der Waals surface area (Å²) in [7, 11) is 1.32. The van der Waals surface area contributed by atoms with E-state index in [1.54, 1.807) is 32.2 Å². The van der Waals surface area contributed by atoms with Gasteiger partial charge in [-0.1, -0.05) is 12.1 Å². The van der Waals surface area contributed by atoms with Gasteiger partial charge in [-0.3, -0.25) is 4.99 Å². The van der Waals surface area contributed by atoms with E-state index in [0.29, 0.717) is 70.7 Å². The maximum atomic E-state index is 14.6. The molecule has 1 fully saturated rings. The predicted molar refractivity (Wildman–Crippen MR) is 143 cm³/mol. The molecule has 0 aliphatic carbocycles. The number of benzene rings is 1. The summed E-state index contributed by atoms with van der Waals surface area (Å²) in [6.07, 6.45) is 4.45. The van der Waals surface area contributed by atoms with E-state index in [1.807, 2.05) is 10.3 Å². The lowest BCUT2D eigenvalue weighted by Gasteiger charge is -2.36. The lowest BCUT2D eigenvalue weighted by Crippen LogP contribution is -2.42. The van der Waals surface area contributed by atoms with Crippen molar-refractivity contribution >= 4 is 35.1 Å². The molecule has 1 aromatic carbocycles. The zero-order valence-corrected chi connectivity index (χ0v) is 22.5. The smallest absolute Gasteiger partial charge is 0.354 e. The highest BCUT2D eigenvalue weighted by Gasteiger charge is 2.37. The Balaban J connectivity index is 1.51. The fourth-order valence-corrected chi connectivity index (χ4v) is 5.57. The molecular formula is C27H27FN6O4S. The molecule has 10 nitrogen and oxygen atoms in total. The summed E-state index contributed by atoms with van der Waals surface area (Å²) in [5.74, 6) is -1.23. The molecule has 3 aromatic rings. The van der Waals surface area contributed by atoms with Gasteiger partial charge in [0.15, 0.2) is 16.5 Å². The summed E-state index contributed by atoms with van der Waals surface area (Å²) >= 11 is 1.41. The molecule has 0 amide bonds. The van der Waals surface area contributed by atoms with Crippen LogP contribution in [0.4, 0.5) is 10.3 Å². The van der Waals surface area contributed by atoms with Crippen LogP contribution in [0.25, 0.3) is 0 Å². The largest absolute Gasteiger partial charge is 0.476 e. The second-order valence-corrected chi connectivity index (χ2v) is 10.3. The van der Waals surface area contributed by atoms with Crippen molar-refractivity contribution in [2.45, 2.75) is 32.7 Å². The van der Waals surface area contributed by atoms with Crippen LogP contribution in [0, 0.1) is 25.6 Å². The van der Waals surface area contributed by atoms with Crippen LogP contribution >= 0.6 is 11.3 Å². The van der Waals surface area contributed by atoms with E-state index in [4.69, 9.17) is 9.73 Å². The minimum Gasteiger partial charge on any atom is -0.476 e. The number of carbonyl (C=O) groups is 2. The zero-order valence-electron chi connectivity index (χ0n) is 21.6. The van der Waals surface area contributed by atoms with Crippen LogP contribution in [0.1, 0.15) is 51.1 Å². The van der Waals surface area contributed by atoms with Gasteiger partial charge in [-0.2, -0.15) is 0 Å². The maximum absolute atomic E-state index is 14.6. The first-order chi connectivity index (χ1) is 18.8. The number of amidine groups is 1. The highest BCUT2D eigenvalue weighted by Crippen LogP contribution is 2.39. The van der Waals surface area contributed by atoms with E-state index in [1.165, 1.54) is 30.7 Å². The first kappa shape index (κ1) is 26.4. The summed E-state index contributed by atoms with van der Waals surface area (Å²) in [6, 6.07) is 3.99. The minimum atomic E-state index is -1.10. The Morgan fingerprint density at radius 1 is 1.21 bits per heavy atom. The van der Waals surface area contributed by atoms with Crippen molar-refractivity contribution in [2.24, 2.45) is 10.9 Å². The third-order valence-corrected chi connectivity index (χ3v) is 7.85. The van der Waals surface area contributed by atoms with Crippen molar-refractivity contribution in [1.29, 1.82) is 0 Å². The molecule has 0 saturated carbocycles. The number of anilines is 1. The van der Waals surface area contributed by atoms with Gasteiger partial charge in [0.2, 0.25) is 5.95 Å². The number of thiazole rings is 1. The molecule has 5 rings (SSSR count). The summed E-state index contributed by atoms with van der Waals surface area (Å²) in [6.45, 7) is 4.41. The Labute approximate surface area is 228 Å². The number of carboxylic acids is 1. The molecule has 2 aromatic heterocycles. The molecule has 1 unspecified atom stereocenters. The quantitative estimate of drug-likeness (QED) is 0.440. The molecule has 1 saturated heterocycles. The molecule has 202 valence electrons. The first-order valence-corrected chi connectivity index (χ1v) is 13.3. The van der Waals surface area contributed by atoms with E-state index in [9.17, 15) is 19.1 Å². The number of piperidine rings is 1. The Kier molecular flexibility index (Phi) is 7.38. The van der Waals surface area contributed by atoms with Crippen molar-refractivity contribution in [1.82, 2.24) is 20.3 Å². The number of rotatable bonds is 6. The molecule has 2 aliphatic heterocycles. The van der Waals surface area contributed by atoms with Gasteiger partial charge in [0, 0.05) is 48.0 Å². The van der Waals surface area contributed by atoms with Gasteiger partial charge < -0.3 is 20.1 Å². The summed E-state index contributed by atoms with van der Waals surface area (Å²) in [5, 5.41) is 15.3. The zero-order chi connectivity index (χ0) is 27.7. The predicted octanol–water partition coefficient (Wildman–Crippen LogP) is 3.82. The second-order valence-electron chi connectivity index (χ2n) is 9.38. The number of nitrogens with one attached hydrogen (secondary N) is 1. The Morgan fingerprint density at radius 2 is 1.97 bits per heavy atom. The minimum absolute atomic E-state index is 0.0237. The molecule has 2 aliphatic rings. The number of aromatic nitrogens is 3. The van der Waals surface area contributed by atoms with E-state index in [2.05, 4.69) is 20.3 Å². The van der Waals surface area contributed by atoms with Gasteiger partial charge in [-0.15, -0.1) is 11.3 Å². The average Bonchev–Trinajstić information content (AvgIpc) is 3.49. The highest BCUT2D eigenvalue weighted by atomic mass is 32.1. The van der Waals surface area contributed by atoms with Crippen LogP contribution < -0.4 is 10.2 Å². The van der Waals surface area contributed by atoms with Crippen molar-refractivity contribution < 1.29 is 23.8 Å². The molecule has 1 atom stereocenters. The maximum Gasteiger partial charge on any atom is 0.354 e. The van der Waals surface area contributed by atoms with Gasteiger partial charge in [-0.25, -0.2) is 28.9 Å². The van der Waals surface area contributed by atoms with Crippen LogP contribution in [0.5, 0.6) is 0 Å². The fourth-order valence-electron chi connectivity index (χ4n) is 4.99. The number of aromatic carboxylic acids is 1. The van der Waals surface area contributed by atoms with E-state index < -0.39 is 18.0 Å². The molecule has 0 bridgehead atoms. The number of carboxylic acid groups (broad SMARTS) is 1. The van der Waals surface area contributed by atoms with Crippen molar-refractivity contribution in [2.75, 3.05) is 25.1 Å². The molecule has 12 heteroatoms. The van der Waals surface area contributed by atoms with Crippen LogP contribution in [0.3, 0.4) is 0 Å². The van der Waals surface area contributed by atoms with Gasteiger partial charge in [0.05, 0.1) is 12.7 Å². The number of allylic oxidation sites excluding steroid dienone is 1. The monoisotopic (exact) mass is 550 g/mol. The van der Waals surface area contributed by atoms with Crippen LogP contribution in [0.15, 0.2) is 52.2 Å². The van der Waals surface area contributed by atoms with Crippen LogP contribution in [-0.4, -0.2) is 58.0 Å². The number of ether oxygens (including phenoxy) is 1. The number of nitrogens with zero attached hydrogens (tertiary/aromatic N) is 5. The third-order valence-electron chi connectivity index (χ3n) is 7.07. The van der Waals surface area contributed by atoms with Gasteiger partial charge in [0.25, 0.3) is 0 Å². The SMILES string of the molecule is COC(=O)C1=C(C2CCN(c3ncc(C)c(C(=O)O)n3)CC2)NC(c2nccs2)=NC1c1cccc(F)c1C. The molecule has 0 radical (unpaired) electrons. The summed E-state index contributed by atoms with van der Waals surface area (Å²) < 4.78 is 19.8. The Morgan fingerprint density at radius 3 is 2.64 bits per heavy atom.